The molecule has 1 aromatic carbocycles. The molecule has 0 unspecified atom stereocenters. The highest BCUT2D eigenvalue weighted by atomic mass is 35.5. The maximum absolute atomic E-state index is 13.5. The third-order valence-corrected chi connectivity index (χ3v) is 5.69. The number of terminal acetylenes is 1. The lowest BCUT2D eigenvalue weighted by Gasteiger charge is -2.11. The largest absolute Gasteiger partial charge is 0.490 e. The number of nitrogens with two attached hydrogens (primary N) is 1. The van der Waals surface area contributed by atoms with Gasteiger partial charge in [-0.1, -0.05) is 17.5 Å². The second kappa shape index (κ2) is 15.4. The van der Waals surface area contributed by atoms with Crippen molar-refractivity contribution in [2.45, 2.75) is 31.9 Å². The number of carboxylic acids is 1. The first-order valence-corrected chi connectivity index (χ1v) is 12.9. The van der Waals surface area contributed by atoms with E-state index in [1.54, 1.807) is 6.92 Å². The fourth-order valence-corrected chi connectivity index (χ4v) is 3.70. The molecule has 19 heteroatoms. The van der Waals surface area contributed by atoms with Crippen LogP contribution >= 0.6 is 11.6 Å². The van der Waals surface area contributed by atoms with E-state index in [2.05, 4.69) is 26.6 Å². The van der Waals surface area contributed by atoms with Crippen LogP contribution in [-0.2, 0) is 29.3 Å². The predicted molar refractivity (Wildman–Crippen MR) is 148 cm³/mol. The summed E-state index contributed by atoms with van der Waals surface area (Å²) in [5, 5.41) is 16.0. The first-order chi connectivity index (χ1) is 20.9. The van der Waals surface area contributed by atoms with Crippen molar-refractivity contribution in [1.82, 2.24) is 24.6 Å². The van der Waals surface area contributed by atoms with Crippen molar-refractivity contribution >= 4 is 35.1 Å². The normalized spacial score (nSPS) is 12.0. The second-order valence-corrected chi connectivity index (χ2v) is 9.48. The maximum atomic E-state index is 13.5. The van der Waals surface area contributed by atoms with Crippen LogP contribution in [0.15, 0.2) is 30.6 Å². The minimum atomic E-state index is -5.08. The molecule has 0 fully saturated rings. The number of aromatic nitrogens is 4. The molecule has 1 atom stereocenters. The van der Waals surface area contributed by atoms with Gasteiger partial charge < -0.3 is 30.8 Å². The van der Waals surface area contributed by atoms with Crippen molar-refractivity contribution in [2.75, 3.05) is 25.1 Å². The molecule has 0 aliphatic heterocycles. The molecule has 2 heterocycles. The Balaban J connectivity index is 0.000000900. The van der Waals surface area contributed by atoms with Gasteiger partial charge in [-0.3, -0.25) is 14.3 Å². The van der Waals surface area contributed by atoms with Crippen LogP contribution in [0.2, 0.25) is 5.02 Å². The summed E-state index contributed by atoms with van der Waals surface area (Å²) in [7, 11) is 1.40. The Bertz CT molecular complexity index is 1560. The van der Waals surface area contributed by atoms with Crippen LogP contribution < -0.4 is 16.4 Å². The van der Waals surface area contributed by atoms with E-state index in [1.807, 2.05) is 0 Å². The molecule has 3 aromatic rings. The number of aliphatic carboxylic acids is 1. The van der Waals surface area contributed by atoms with Crippen molar-refractivity contribution in [2.24, 2.45) is 12.8 Å². The van der Waals surface area contributed by atoms with Crippen molar-refractivity contribution in [3.05, 3.63) is 52.7 Å². The van der Waals surface area contributed by atoms with Gasteiger partial charge in [-0.05, 0) is 25.1 Å². The average molecular weight is 666 g/mol. The topological polar surface area (TPSA) is 166 Å². The Morgan fingerprint density at radius 1 is 1.20 bits per heavy atom. The summed E-state index contributed by atoms with van der Waals surface area (Å²) in [6, 6.07) is 4.14. The van der Waals surface area contributed by atoms with E-state index in [9.17, 15) is 35.9 Å². The molecule has 0 aliphatic rings. The Kier molecular flexibility index (Phi) is 12.5. The molecule has 0 spiro atoms. The summed E-state index contributed by atoms with van der Waals surface area (Å²) in [6.45, 7) is 2.53. The van der Waals surface area contributed by atoms with Crippen LogP contribution in [-0.4, -0.2) is 74.2 Å². The second-order valence-electron chi connectivity index (χ2n) is 9.08. The van der Waals surface area contributed by atoms with Crippen LogP contribution in [0.3, 0.4) is 0 Å². The molecule has 0 saturated heterocycles. The van der Waals surface area contributed by atoms with Gasteiger partial charge in [-0.15, -0.1) is 6.42 Å². The molecule has 45 heavy (non-hydrogen) atoms. The number of imidazole rings is 1. The zero-order chi connectivity index (χ0) is 34.1. The first kappa shape index (κ1) is 36.6. The van der Waals surface area contributed by atoms with Crippen LogP contribution in [0.1, 0.15) is 33.6 Å². The van der Waals surface area contributed by atoms with Gasteiger partial charge in [0.2, 0.25) is 0 Å². The van der Waals surface area contributed by atoms with Crippen molar-refractivity contribution in [3.8, 4) is 23.6 Å². The number of carbonyl (C=O) groups excluding carboxylic acids is 2. The van der Waals surface area contributed by atoms with E-state index >= 15 is 0 Å². The Hall–Kier alpha value is -4.60. The molecule has 2 amide bonds. The molecule has 0 radical (unpaired) electrons. The van der Waals surface area contributed by atoms with Crippen molar-refractivity contribution < 1.29 is 50.6 Å². The van der Waals surface area contributed by atoms with Gasteiger partial charge in [0.15, 0.2) is 11.5 Å². The van der Waals surface area contributed by atoms with Crippen molar-refractivity contribution in [1.29, 1.82) is 0 Å². The summed E-state index contributed by atoms with van der Waals surface area (Å²) in [5.74, 6) is -1.83. The first-order valence-electron chi connectivity index (χ1n) is 12.5. The number of benzene rings is 1. The fourth-order valence-electron chi connectivity index (χ4n) is 3.43. The van der Waals surface area contributed by atoms with Gasteiger partial charge in [0.25, 0.3) is 11.8 Å². The summed E-state index contributed by atoms with van der Waals surface area (Å²) in [4.78, 5) is 38.1. The Morgan fingerprint density at radius 2 is 1.84 bits per heavy atom. The maximum Gasteiger partial charge on any atom is 0.490 e. The summed E-state index contributed by atoms with van der Waals surface area (Å²) in [6.07, 6.45) is -2.35. The number of amides is 2. The number of nitrogens with zero attached hydrogens (tertiary/aromatic N) is 4. The van der Waals surface area contributed by atoms with Gasteiger partial charge in [0.05, 0.1) is 41.3 Å². The van der Waals surface area contributed by atoms with Crippen LogP contribution in [0, 0.1) is 12.3 Å². The lowest BCUT2D eigenvalue weighted by molar-refractivity contribution is -0.192. The van der Waals surface area contributed by atoms with E-state index in [4.69, 9.17) is 38.4 Å². The number of carboxylic acid groups (broad SMARTS) is 1. The standard InChI is InChI=1S/C24H25ClF3N7O3.C2HF3O2/c1-4-8-35-12-17(20(33-35)24(26,27)28)19-11-31-21(34(19)3)23(37)32-15-5-6-16(18(25)10-15)22(36)30-7-9-38-13-14(2)29;3-2(4,5)1(6)7/h1,5-6,10-12,14H,7-9,13,29H2,2-3H3,(H,30,36)(H,32,37);(H,6,7)/t14-;/m0./s1. The molecule has 3 rings (SSSR count). The Morgan fingerprint density at radius 3 is 2.38 bits per heavy atom. The highest BCUT2D eigenvalue weighted by Crippen LogP contribution is 2.36. The number of nitrogens with one attached hydrogen (secondary N) is 2. The van der Waals surface area contributed by atoms with Gasteiger partial charge in [0.1, 0.15) is 6.54 Å². The van der Waals surface area contributed by atoms with Gasteiger partial charge in [-0.2, -0.15) is 31.4 Å². The summed E-state index contributed by atoms with van der Waals surface area (Å²) in [5.41, 5.74) is 4.60. The van der Waals surface area contributed by atoms with Crippen LogP contribution in [0.5, 0.6) is 0 Å². The van der Waals surface area contributed by atoms with E-state index in [0.29, 0.717) is 6.61 Å². The number of rotatable bonds is 10. The zero-order valence-electron chi connectivity index (χ0n) is 23.5. The minimum Gasteiger partial charge on any atom is -0.475 e. The van der Waals surface area contributed by atoms with E-state index in [0.717, 1.165) is 17.1 Å². The molecule has 0 saturated carbocycles. The molecular weight excluding hydrogens is 640 g/mol. The molecule has 0 bridgehead atoms. The Labute approximate surface area is 256 Å². The molecular formula is C26H26ClF6N7O5. The van der Waals surface area contributed by atoms with E-state index < -0.39 is 35.8 Å². The number of anilines is 1. The fraction of sp³-hybridized carbons (Fsp3) is 0.346. The average Bonchev–Trinajstić information content (AvgIpc) is 3.51. The lowest BCUT2D eigenvalue weighted by Crippen LogP contribution is -2.29. The van der Waals surface area contributed by atoms with E-state index in [1.165, 1.54) is 29.8 Å². The van der Waals surface area contributed by atoms with Gasteiger partial charge >= 0.3 is 18.3 Å². The quantitative estimate of drug-likeness (QED) is 0.145. The monoisotopic (exact) mass is 665 g/mol. The highest BCUT2D eigenvalue weighted by Gasteiger charge is 2.39. The molecule has 5 N–H and O–H groups in total. The number of halogens is 7. The molecule has 0 aliphatic carbocycles. The summed E-state index contributed by atoms with van der Waals surface area (Å²) >= 11 is 6.23. The number of hydrogen-bond donors (Lipinski definition) is 4. The van der Waals surface area contributed by atoms with Gasteiger partial charge in [0, 0.05) is 31.5 Å². The number of hydrogen-bond acceptors (Lipinski definition) is 7. The number of carbonyl (C=O) groups is 3. The molecule has 12 nitrogen and oxygen atoms in total. The van der Waals surface area contributed by atoms with Gasteiger partial charge in [-0.25, -0.2) is 9.78 Å². The van der Waals surface area contributed by atoms with Crippen molar-refractivity contribution in [3.63, 3.8) is 0 Å². The highest BCUT2D eigenvalue weighted by molar-refractivity contribution is 6.34. The molecule has 244 valence electrons. The molecule has 2 aromatic heterocycles. The third kappa shape index (κ3) is 10.5. The predicted octanol–water partition coefficient (Wildman–Crippen LogP) is 3.57. The third-order valence-electron chi connectivity index (χ3n) is 5.38. The lowest BCUT2D eigenvalue weighted by atomic mass is 10.2. The number of ether oxygens (including phenoxy) is 1. The van der Waals surface area contributed by atoms with Crippen LogP contribution in [0.25, 0.3) is 11.3 Å². The smallest absolute Gasteiger partial charge is 0.475 e. The van der Waals surface area contributed by atoms with E-state index in [-0.39, 0.29) is 59.1 Å². The minimum absolute atomic E-state index is 0.0145. The zero-order valence-corrected chi connectivity index (χ0v) is 24.2. The SMILES string of the molecule is C#CCn1cc(-c2cnc(C(=O)Nc3ccc(C(=O)NCCOC[C@H](C)N)c(Cl)c3)n2C)c(C(F)(F)F)n1.O=C(O)C(F)(F)F. The number of alkyl halides is 6. The van der Waals surface area contributed by atoms with Crippen LogP contribution in [0.4, 0.5) is 32.0 Å². The summed E-state index contributed by atoms with van der Waals surface area (Å²) < 4.78 is 79.9.